The van der Waals surface area contributed by atoms with Crippen molar-refractivity contribution >= 4 is 17.1 Å². The van der Waals surface area contributed by atoms with Crippen LogP contribution in [0.25, 0.3) is 17.1 Å². The van der Waals surface area contributed by atoms with E-state index in [0.29, 0.717) is 0 Å². The number of hydrogen-bond acceptors (Lipinski definition) is 1. The highest BCUT2D eigenvalue weighted by molar-refractivity contribution is 5.78. The van der Waals surface area contributed by atoms with Crippen LogP contribution >= 0.6 is 0 Å². The molecule has 2 aromatic rings. The molecule has 1 aromatic carbocycles. The Labute approximate surface area is 77.3 Å². The van der Waals surface area contributed by atoms with Crippen molar-refractivity contribution in [3.05, 3.63) is 35.7 Å². The minimum absolute atomic E-state index is 0.965. The predicted octanol–water partition coefficient (Wildman–Crippen LogP) is 2.90. The minimum atomic E-state index is 0.965. The fourth-order valence-electron chi connectivity index (χ4n) is 1.45. The number of benzene rings is 1. The van der Waals surface area contributed by atoms with E-state index in [0.717, 1.165) is 16.9 Å². The Kier molecular flexibility index (Phi) is 1.89. The Bertz CT molecular complexity index is 452. The fraction of sp³-hybridized carbons (Fsp3) is 0.182. The van der Waals surface area contributed by atoms with Gasteiger partial charge in [-0.15, -0.1) is 0 Å². The van der Waals surface area contributed by atoms with Gasteiger partial charge >= 0.3 is 0 Å². The quantitative estimate of drug-likeness (QED) is 0.704. The zero-order chi connectivity index (χ0) is 9.26. The zero-order valence-electron chi connectivity index (χ0n) is 7.83. The van der Waals surface area contributed by atoms with Crippen LogP contribution in [0.1, 0.15) is 18.3 Å². The second-order valence-electron chi connectivity index (χ2n) is 3.10. The summed E-state index contributed by atoms with van der Waals surface area (Å²) >= 11 is 0. The van der Waals surface area contributed by atoms with Crippen LogP contribution in [0.15, 0.2) is 24.3 Å². The summed E-state index contributed by atoms with van der Waals surface area (Å²) in [5, 5.41) is 0. The molecule has 0 amide bonds. The largest absolute Gasteiger partial charge is 0.342 e. The van der Waals surface area contributed by atoms with Crippen molar-refractivity contribution < 1.29 is 0 Å². The topological polar surface area (TPSA) is 28.7 Å². The predicted molar refractivity (Wildman–Crippen MR) is 55.5 cm³/mol. The van der Waals surface area contributed by atoms with Gasteiger partial charge in [-0.25, -0.2) is 4.98 Å². The van der Waals surface area contributed by atoms with Gasteiger partial charge in [-0.1, -0.05) is 18.2 Å². The van der Waals surface area contributed by atoms with Crippen molar-refractivity contribution in [1.29, 1.82) is 0 Å². The first-order valence-electron chi connectivity index (χ1n) is 4.38. The van der Waals surface area contributed by atoms with E-state index in [1.807, 2.05) is 26.0 Å². The van der Waals surface area contributed by atoms with E-state index in [4.69, 9.17) is 0 Å². The normalized spacial score (nSPS) is 11.5. The summed E-state index contributed by atoms with van der Waals surface area (Å²) in [5.74, 6) is 0.965. The minimum Gasteiger partial charge on any atom is -0.342 e. The number of aromatic amines is 1. The van der Waals surface area contributed by atoms with Gasteiger partial charge in [0.2, 0.25) is 0 Å². The number of H-pyrrole nitrogens is 1. The monoisotopic (exact) mass is 172 g/mol. The van der Waals surface area contributed by atoms with Crippen molar-refractivity contribution in [3.63, 3.8) is 0 Å². The Morgan fingerprint density at radius 2 is 2.23 bits per heavy atom. The van der Waals surface area contributed by atoms with E-state index in [2.05, 4.69) is 28.2 Å². The van der Waals surface area contributed by atoms with Crippen molar-refractivity contribution in [2.75, 3.05) is 0 Å². The van der Waals surface area contributed by atoms with Crippen molar-refractivity contribution in [2.45, 2.75) is 13.8 Å². The van der Waals surface area contributed by atoms with Crippen LogP contribution in [0.4, 0.5) is 0 Å². The molecule has 0 aliphatic carbocycles. The molecule has 2 nitrogen and oxygen atoms in total. The SMILES string of the molecule is C/C=C/c1ccc2nc(C)[nH]c2c1. The second kappa shape index (κ2) is 3.05. The van der Waals surface area contributed by atoms with Crippen molar-refractivity contribution in [1.82, 2.24) is 9.97 Å². The molecule has 66 valence electrons. The lowest BCUT2D eigenvalue weighted by atomic mass is 10.2. The lowest BCUT2D eigenvalue weighted by molar-refractivity contribution is 1.17. The highest BCUT2D eigenvalue weighted by Crippen LogP contribution is 2.14. The third-order valence-corrected chi connectivity index (χ3v) is 1.98. The zero-order valence-corrected chi connectivity index (χ0v) is 7.83. The van der Waals surface area contributed by atoms with Gasteiger partial charge in [0.25, 0.3) is 0 Å². The molecule has 0 spiro atoms. The standard InChI is InChI=1S/C11H12N2/c1-3-4-9-5-6-10-11(7-9)13-8(2)12-10/h3-7H,1-2H3,(H,12,13)/b4-3+. The molecule has 0 unspecified atom stereocenters. The van der Waals surface area contributed by atoms with Crippen LogP contribution in [0.2, 0.25) is 0 Å². The molecule has 0 aliphatic heterocycles. The number of aryl methyl sites for hydroxylation is 1. The van der Waals surface area contributed by atoms with E-state index < -0.39 is 0 Å². The number of nitrogens with zero attached hydrogens (tertiary/aromatic N) is 1. The first-order chi connectivity index (χ1) is 6.29. The Morgan fingerprint density at radius 3 is 3.00 bits per heavy atom. The first kappa shape index (κ1) is 8.05. The molecule has 13 heavy (non-hydrogen) atoms. The molecule has 1 N–H and O–H groups in total. The van der Waals surface area contributed by atoms with Crippen molar-refractivity contribution in [3.8, 4) is 0 Å². The van der Waals surface area contributed by atoms with Gasteiger partial charge in [0.1, 0.15) is 5.82 Å². The third kappa shape index (κ3) is 1.47. The lowest BCUT2D eigenvalue weighted by Gasteiger charge is -1.91. The third-order valence-electron chi connectivity index (χ3n) is 1.98. The molecule has 1 heterocycles. The fourth-order valence-corrected chi connectivity index (χ4v) is 1.45. The maximum Gasteiger partial charge on any atom is 0.104 e. The highest BCUT2D eigenvalue weighted by atomic mass is 14.9. The van der Waals surface area contributed by atoms with Gasteiger partial charge in [-0.2, -0.15) is 0 Å². The van der Waals surface area contributed by atoms with Gasteiger partial charge in [-0.05, 0) is 31.5 Å². The molecular weight excluding hydrogens is 160 g/mol. The first-order valence-corrected chi connectivity index (χ1v) is 4.38. The summed E-state index contributed by atoms with van der Waals surface area (Å²) in [6.45, 7) is 3.98. The van der Waals surface area contributed by atoms with E-state index >= 15 is 0 Å². The summed E-state index contributed by atoms with van der Waals surface area (Å²) in [5.41, 5.74) is 3.34. The van der Waals surface area contributed by atoms with Crippen LogP contribution < -0.4 is 0 Å². The Balaban J connectivity index is 2.61. The molecule has 2 heteroatoms. The van der Waals surface area contributed by atoms with Gasteiger partial charge in [0.15, 0.2) is 0 Å². The van der Waals surface area contributed by atoms with Crippen LogP contribution in [0, 0.1) is 6.92 Å². The van der Waals surface area contributed by atoms with E-state index in [1.54, 1.807) is 0 Å². The van der Waals surface area contributed by atoms with Crippen molar-refractivity contribution in [2.24, 2.45) is 0 Å². The second-order valence-corrected chi connectivity index (χ2v) is 3.10. The molecule has 0 atom stereocenters. The van der Waals surface area contributed by atoms with E-state index in [1.165, 1.54) is 5.56 Å². The highest BCUT2D eigenvalue weighted by Gasteiger charge is 1.97. The molecular formula is C11H12N2. The number of imidazole rings is 1. The number of hydrogen-bond donors (Lipinski definition) is 1. The average molecular weight is 172 g/mol. The summed E-state index contributed by atoms with van der Waals surface area (Å²) in [4.78, 5) is 7.55. The van der Waals surface area contributed by atoms with E-state index in [9.17, 15) is 0 Å². The maximum atomic E-state index is 4.33. The van der Waals surface area contributed by atoms with E-state index in [-0.39, 0.29) is 0 Å². The molecule has 0 saturated heterocycles. The molecule has 2 rings (SSSR count). The average Bonchev–Trinajstić information content (AvgIpc) is 2.44. The van der Waals surface area contributed by atoms with Crippen LogP contribution in [-0.2, 0) is 0 Å². The summed E-state index contributed by atoms with van der Waals surface area (Å²) in [6.07, 6.45) is 4.11. The Hall–Kier alpha value is -1.57. The summed E-state index contributed by atoms with van der Waals surface area (Å²) < 4.78 is 0. The molecule has 0 saturated carbocycles. The number of aromatic nitrogens is 2. The van der Waals surface area contributed by atoms with Crippen LogP contribution in [0.3, 0.4) is 0 Å². The van der Waals surface area contributed by atoms with Gasteiger partial charge in [-0.3, -0.25) is 0 Å². The molecule has 0 bridgehead atoms. The number of fused-ring (bicyclic) bond motifs is 1. The van der Waals surface area contributed by atoms with Gasteiger partial charge in [0.05, 0.1) is 11.0 Å². The van der Waals surface area contributed by atoms with Crippen LogP contribution in [-0.4, -0.2) is 9.97 Å². The summed E-state index contributed by atoms with van der Waals surface area (Å²) in [7, 11) is 0. The number of allylic oxidation sites excluding steroid dienone is 1. The molecule has 0 aliphatic rings. The molecule has 0 fully saturated rings. The number of nitrogens with one attached hydrogen (secondary N) is 1. The molecule has 0 radical (unpaired) electrons. The summed E-state index contributed by atoms with van der Waals surface area (Å²) in [6, 6.07) is 6.21. The smallest absolute Gasteiger partial charge is 0.104 e. The lowest BCUT2D eigenvalue weighted by Crippen LogP contribution is -1.72. The van der Waals surface area contributed by atoms with Gasteiger partial charge in [0, 0.05) is 0 Å². The molecule has 1 aromatic heterocycles. The van der Waals surface area contributed by atoms with Crippen LogP contribution in [0.5, 0.6) is 0 Å². The maximum absolute atomic E-state index is 4.33. The van der Waals surface area contributed by atoms with Gasteiger partial charge < -0.3 is 4.98 Å². The number of rotatable bonds is 1. The Morgan fingerprint density at radius 1 is 1.38 bits per heavy atom.